The summed E-state index contributed by atoms with van der Waals surface area (Å²) in [5.74, 6) is 2.86. The Morgan fingerprint density at radius 1 is 1.37 bits per heavy atom. The van der Waals surface area contributed by atoms with Crippen molar-refractivity contribution in [1.82, 2.24) is 5.32 Å². The molecule has 0 amide bonds. The fourth-order valence-corrected chi connectivity index (χ4v) is 6.22. The van der Waals surface area contributed by atoms with Crippen LogP contribution in [0.3, 0.4) is 0 Å². The fraction of sp³-hybridized carbons (Fsp3) is 0.733. The van der Waals surface area contributed by atoms with Crippen LogP contribution in [0.2, 0.25) is 0 Å². The molecule has 0 saturated heterocycles. The third kappa shape index (κ3) is 2.97. The number of hydrogen-bond donors (Lipinski definition) is 1. The maximum atomic E-state index is 3.82. The van der Waals surface area contributed by atoms with Crippen molar-refractivity contribution >= 4 is 43.2 Å². The van der Waals surface area contributed by atoms with Crippen molar-refractivity contribution in [2.75, 3.05) is 6.54 Å². The minimum Gasteiger partial charge on any atom is -0.309 e. The summed E-state index contributed by atoms with van der Waals surface area (Å²) in [6.07, 6.45) is 7.10. The first-order chi connectivity index (χ1) is 9.19. The molecule has 4 unspecified atom stereocenters. The first-order valence-corrected chi connectivity index (χ1v) is 9.77. The SMILES string of the molecule is CCCNC(c1cc(Br)c(Br)s1)C1CC2CCC1C2. The van der Waals surface area contributed by atoms with Crippen LogP contribution in [0.25, 0.3) is 0 Å². The summed E-state index contributed by atoms with van der Waals surface area (Å²) in [7, 11) is 0. The highest BCUT2D eigenvalue weighted by Crippen LogP contribution is 2.53. The molecule has 2 aliphatic rings. The van der Waals surface area contributed by atoms with Crippen LogP contribution in [-0.4, -0.2) is 6.54 Å². The van der Waals surface area contributed by atoms with E-state index in [9.17, 15) is 0 Å². The number of halogens is 2. The average molecular weight is 407 g/mol. The number of nitrogens with one attached hydrogen (secondary N) is 1. The van der Waals surface area contributed by atoms with Gasteiger partial charge in [-0.1, -0.05) is 13.3 Å². The Labute approximate surface area is 136 Å². The van der Waals surface area contributed by atoms with E-state index >= 15 is 0 Å². The predicted octanol–water partition coefficient (Wildman–Crippen LogP) is 5.75. The molecule has 1 N–H and O–H groups in total. The molecule has 19 heavy (non-hydrogen) atoms. The molecule has 0 spiro atoms. The monoisotopic (exact) mass is 405 g/mol. The van der Waals surface area contributed by atoms with Crippen molar-refractivity contribution in [1.29, 1.82) is 0 Å². The lowest BCUT2D eigenvalue weighted by atomic mass is 9.82. The van der Waals surface area contributed by atoms with Crippen LogP contribution in [-0.2, 0) is 0 Å². The van der Waals surface area contributed by atoms with Crippen LogP contribution in [0.5, 0.6) is 0 Å². The van der Waals surface area contributed by atoms with Crippen molar-refractivity contribution in [3.05, 3.63) is 19.2 Å². The van der Waals surface area contributed by atoms with Crippen LogP contribution in [0.4, 0.5) is 0 Å². The lowest BCUT2D eigenvalue weighted by Gasteiger charge is -2.30. The van der Waals surface area contributed by atoms with E-state index in [4.69, 9.17) is 0 Å². The van der Waals surface area contributed by atoms with Crippen LogP contribution in [0.1, 0.15) is 49.9 Å². The lowest BCUT2D eigenvalue weighted by Crippen LogP contribution is -2.31. The van der Waals surface area contributed by atoms with E-state index in [-0.39, 0.29) is 0 Å². The molecular weight excluding hydrogens is 386 g/mol. The zero-order chi connectivity index (χ0) is 13.4. The largest absolute Gasteiger partial charge is 0.309 e. The topological polar surface area (TPSA) is 12.0 Å². The normalized spacial score (nSPS) is 31.0. The predicted molar refractivity (Wildman–Crippen MR) is 89.7 cm³/mol. The molecule has 0 radical (unpaired) electrons. The van der Waals surface area contributed by atoms with Gasteiger partial charge in [-0.05, 0) is 87.9 Å². The lowest BCUT2D eigenvalue weighted by molar-refractivity contribution is 0.253. The Hall–Kier alpha value is 0.620. The molecule has 1 heterocycles. The molecule has 4 heteroatoms. The number of fused-ring (bicyclic) bond motifs is 2. The van der Waals surface area contributed by atoms with Gasteiger partial charge in [0.25, 0.3) is 0 Å². The second-order valence-electron chi connectivity index (χ2n) is 6.04. The third-order valence-electron chi connectivity index (χ3n) is 4.81. The molecule has 2 aliphatic carbocycles. The molecular formula is C15H21Br2NS. The highest BCUT2D eigenvalue weighted by Gasteiger charge is 2.43. The Morgan fingerprint density at radius 3 is 2.74 bits per heavy atom. The van der Waals surface area contributed by atoms with Crippen molar-refractivity contribution in [2.24, 2.45) is 17.8 Å². The second-order valence-corrected chi connectivity index (χ2v) is 9.30. The van der Waals surface area contributed by atoms with Crippen molar-refractivity contribution < 1.29 is 0 Å². The van der Waals surface area contributed by atoms with E-state index in [1.165, 1.54) is 45.2 Å². The van der Waals surface area contributed by atoms with E-state index in [0.29, 0.717) is 6.04 Å². The van der Waals surface area contributed by atoms with Crippen molar-refractivity contribution in [3.63, 3.8) is 0 Å². The molecule has 1 nitrogen and oxygen atoms in total. The van der Waals surface area contributed by atoms with E-state index in [1.54, 1.807) is 0 Å². The second kappa shape index (κ2) is 6.17. The molecule has 0 aliphatic heterocycles. The summed E-state index contributed by atoms with van der Waals surface area (Å²) < 4.78 is 2.44. The van der Waals surface area contributed by atoms with E-state index < -0.39 is 0 Å². The molecule has 2 bridgehead atoms. The molecule has 2 saturated carbocycles. The Morgan fingerprint density at radius 2 is 2.21 bits per heavy atom. The van der Waals surface area contributed by atoms with Gasteiger partial charge in [0, 0.05) is 15.4 Å². The van der Waals surface area contributed by atoms with Gasteiger partial charge >= 0.3 is 0 Å². The van der Waals surface area contributed by atoms with Crippen molar-refractivity contribution in [2.45, 2.75) is 45.1 Å². The quantitative estimate of drug-likeness (QED) is 0.656. The fourth-order valence-electron chi connectivity index (χ4n) is 3.98. The summed E-state index contributed by atoms with van der Waals surface area (Å²) in [6.45, 7) is 3.39. The zero-order valence-electron chi connectivity index (χ0n) is 11.3. The van der Waals surface area contributed by atoms with Gasteiger partial charge < -0.3 is 5.32 Å². The van der Waals surface area contributed by atoms with Gasteiger partial charge in [0.05, 0.1) is 3.79 Å². The van der Waals surface area contributed by atoms with Gasteiger partial charge in [-0.25, -0.2) is 0 Å². The van der Waals surface area contributed by atoms with E-state index in [0.717, 1.165) is 24.3 Å². The van der Waals surface area contributed by atoms with Crippen LogP contribution >= 0.6 is 43.2 Å². The van der Waals surface area contributed by atoms with E-state index in [1.807, 2.05) is 11.3 Å². The van der Waals surface area contributed by atoms with Crippen molar-refractivity contribution in [3.8, 4) is 0 Å². The number of rotatable bonds is 5. The summed E-state index contributed by atoms with van der Waals surface area (Å²) in [5.41, 5.74) is 0. The summed E-state index contributed by atoms with van der Waals surface area (Å²) >= 11 is 9.18. The number of hydrogen-bond acceptors (Lipinski definition) is 2. The molecule has 3 rings (SSSR count). The highest BCUT2D eigenvalue weighted by molar-refractivity contribution is 9.13. The van der Waals surface area contributed by atoms with Gasteiger partial charge in [0.15, 0.2) is 0 Å². The van der Waals surface area contributed by atoms with Gasteiger partial charge in [0.1, 0.15) is 0 Å². The van der Waals surface area contributed by atoms with Gasteiger partial charge in [-0.15, -0.1) is 11.3 Å². The van der Waals surface area contributed by atoms with Gasteiger partial charge in [0.2, 0.25) is 0 Å². The van der Waals surface area contributed by atoms with Crippen LogP contribution in [0.15, 0.2) is 14.3 Å². The maximum absolute atomic E-state index is 3.82. The summed E-state index contributed by atoms with van der Waals surface area (Å²) in [5, 5.41) is 3.82. The molecule has 2 fully saturated rings. The minimum absolute atomic E-state index is 0.572. The minimum atomic E-state index is 0.572. The molecule has 0 aromatic carbocycles. The zero-order valence-corrected chi connectivity index (χ0v) is 15.3. The maximum Gasteiger partial charge on any atom is 0.0843 e. The Bertz CT molecular complexity index is 426. The van der Waals surface area contributed by atoms with E-state index in [2.05, 4.69) is 50.2 Å². The summed E-state index contributed by atoms with van der Waals surface area (Å²) in [6, 6.07) is 2.89. The molecule has 1 aromatic rings. The standard InChI is InChI=1S/C15H21Br2NS/c1-2-5-18-14(13-8-12(16)15(17)19-13)11-7-9-3-4-10(11)6-9/h8-11,14,18H,2-7H2,1H3. The first-order valence-electron chi connectivity index (χ1n) is 7.37. The smallest absolute Gasteiger partial charge is 0.0843 e. The number of thiophene rings is 1. The third-order valence-corrected chi connectivity index (χ3v) is 8.15. The molecule has 4 atom stereocenters. The Balaban J connectivity index is 1.81. The van der Waals surface area contributed by atoms with Gasteiger partial charge in [-0.3, -0.25) is 0 Å². The first kappa shape index (κ1) is 14.6. The van der Waals surface area contributed by atoms with Crippen LogP contribution in [0, 0.1) is 17.8 Å². The molecule has 106 valence electrons. The Kier molecular flexibility index (Phi) is 4.72. The van der Waals surface area contributed by atoms with Gasteiger partial charge in [-0.2, -0.15) is 0 Å². The summed E-state index contributed by atoms with van der Waals surface area (Å²) in [4.78, 5) is 1.50. The van der Waals surface area contributed by atoms with Crippen LogP contribution < -0.4 is 5.32 Å². The molecule has 1 aromatic heterocycles. The average Bonchev–Trinajstić information content (AvgIpc) is 3.08. The highest BCUT2D eigenvalue weighted by atomic mass is 79.9.